The lowest BCUT2D eigenvalue weighted by Gasteiger charge is -2.53. The second-order valence-electron chi connectivity index (χ2n) is 10.8. The first kappa shape index (κ1) is 24.3. The maximum Gasteiger partial charge on any atom is 0.404 e. The molecule has 0 aromatic heterocycles. The third-order valence-electron chi connectivity index (χ3n) is 8.85. The maximum atomic E-state index is 14.7. The van der Waals surface area contributed by atoms with Crippen molar-refractivity contribution in [2.45, 2.75) is 56.5 Å². The van der Waals surface area contributed by atoms with E-state index in [1.54, 1.807) is 6.07 Å². The van der Waals surface area contributed by atoms with E-state index >= 15 is 0 Å². The van der Waals surface area contributed by atoms with Crippen molar-refractivity contribution in [3.8, 4) is 0 Å². The van der Waals surface area contributed by atoms with Crippen LogP contribution in [0.25, 0.3) is 0 Å². The minimum Gasteiger partial charge on any atom is -0.465 e. The van der Waals surface area contributed by atoms with E-state index in [1.165, 1.54) is 18.1 Å². The molecule has 0 bridgehead atoms. The average molecular weight is 480 g/mol. The SMILES string of the molecule is O=C(O)N[C@H]1CCC[C@@H]1[C@](CN1CCC1)(c1cccc(F)c1)C1CCN(Cc2ccccc2)CC1. The molecule has 2 N–H and O–H groups in total. The Labute approximate surface area is 208 Å². The van der Waals surface area contributed by atoms with Crippen molar-refractivity contribution in [2.24, 2.45) is 11.8 Å². The molecule has 1 amide bonds. The van der Waals surface area contributed by atoms with Crippen LogP contribution in [0.5, 0.6) is 0 Å². The molecular weight excluding hydrogens is 441 g/mol. The molecule has 0 unspecified atom stereocenters. The lowest BCUT2D eigenvalue weighted by Crippen LogP contribution is -2.59. The van der Waals surface area contributed by atoms with Gasteiger partial charge >= 0.3 is 6.09 Å². The molecule has 35 heavy (non-hydrogen) atoms. The van der Waals surface area contributed by atoms with Gasteiger partial charge < -0.3 is 15.3 Å². The van der Waals surface area contributed by atoms with Gasteiger partial charge in [-0.3, -0.25) is 4.90 Å². The Bertz CT molecular complexity index is 990. The number of benzene rings is 2. The highest BCUT2D eigenvalue weighted by atomic mass is 19.1. The largest absolute Gasteiger partial charge is 0.465 e. The van der Waals surface area contributed by atoms with Crippen LogP contribution >= 0.6 is 0 Å². The number of amides is 1. The number of rotatable bonds is 8. The summed E-state index contributed by atoms with van der Waals surface area (Å²) >= 11 is 0. The first-order valence-electron chi connectivity index (χ1n) is 13.3. The Morgan fingerprint density at radius 2 is 1.71 bits per heavy atom. The van der Waals surface area contributed by atoms with Gasteiger partial charge in [-0.1, -0.05) is 48.9 Å². The quantitative estimate of drug-likeness (QED) is 0.552. The molecule has 6 heteroatoms. The molecule has 1 aliphatic carbocycles. The fourth-order valence-electron chi connectivity index (χ4n) is 7.13. The summed E-state index contributed by atoms with van der Waals surface area (Å²) in [5.74, 6) is 0.363. The summed E-state index contributed by atoms with van der Waals surface area (Å²) in [4.78, 5) is 16.8. The minimum atomic E-state index is -0.948. The van der Waals surface area contributed by atoms with Crippen molar-refractivity contribution >= 4 is 6.09 Å². The van der Waals surface area contributed by atoms with E-state index in [9.17, 15) is 14.3 Å². The maximum absolute atomic E-state index is 14.7. The lowest BCUT2D eigenvalue weighted by atomic mass is 9.57. The van der Waals surface area contributed by atoms with E-state index in [1.807, 2.05) is 6.07 Å². The van der Waals surface area contributed by atoms with Crippen molar-refractivity contribution < 1.29 is 14.3 Å². The monoisotopic (exact) mass is 479 g/mol. The van der Waals surface area contributed by atoms with Gasteiger partial charge in [0.05, 0.1) is 0 Å². The van der Waals surface area contributed by atoms with E-state index in [-0.39, 0.29) is 23.2 Å². The zero-order valence-corrected chi connectivity index (χ0v) is 20.5. The predicted octanol–water partition coefficient (Wildman–Crippen LogP) is 5.12. The Kier molecular flexibility index (Phi) is 7.40. The number of hydrogen-bond acceptors (Lipinski definition) is 3. The number of halogens is 1. The fraction of sp³-hybridized carbons (Fsp3) is 0.552. The highest BCUT2D eigenvalue weighted by Gasteiger charge is 2.52. The highest BCUT2D eigenvalue weighted by Crippen LogP contribution is 2.51. The standard InChI is InChI=1S/C29H38FN3O2/c30-25-10-4-9-24(19-25)29(21-33-15-6-16-33,26-11-5-12-27(26)31-28(34)35)23-13-17-32(18-14-23)20-22-7-2-1-3-8-22/h1-4,7-10,19,23,26-27,31H,5-6,11-18,20-21H2,(H,34,35)/t26-,27-,29-/m0/s1. The first-order valence-corrected chi connectivity index (χ1v) is 13.3. The molecule has 3 aliphatic rings. The molecule has 3 fully saturated rings. The first-order chi connectivity index (χ1) is 17.0. The average Bonchev–Trinajstić information content (AvgIpc) is 3.28. The second-order valence-corrected chi connectivity index (χ2v) is 10.8. The molecule has 2 heterocycles. The van der Waals surface area contributed by atoms with Gasteiger partial charge in [-0.2, -0.15) is 0 Å². The van der Waals surface area contributed by atoms with Crippen molar-refractivity contribution in [3.05, 3.63) is 71.5 Å². The van der Waals surface area contributed by atoms with E-state index in [0.29, 0.717) is 5.92 Å². The van der Waals surface area contributed by atoms with Crippen LogP contribution in [0.3, 0.4) is 0 Å². The van der Waals surface area contributed by atoms with Crippen molar-refractivity contribution in [1.29, 1.82) is 0 Å². The van der Waals surface area contributed by atoms with Crippen LogP contribution < -0.4 is 5.32 Å². The van der Waals surface area contributed by atoms with Gasteiger partial charge in [0.15, 0.2) is 0 Å². The van der Waals surface area contributed by atoms with Crippen molar-refractivity contribution in [3.63, 3.8) is 0 Å². The van der Waals surface area contributed by atoms with E-state index < -0.39 is 6.09 Å². The number of nitrogens with one attached hydrogen (secondary N) is 1. The normalized spacial score (nSPS) is 25.6. The smallest absolute Gasteiger partial charge is 0.404 e. The van der Waals surface area contributed by atoms with Crippen LogP contribution in [0.4, 0.5) is 9.18 Å². The third-order valence-corrected chi connectivity index (χ3v) is 8.85. The molecule has 1 saturated carbocycles. The molecule has 0 radical (unpaired) electrons. The molecule has 0 spiro atoms. The van der Waals surface area contributed by atoms with Crippen LogP contribution in [-0.2, 0) is 12.0 Å². The minimum absolute atomic E-state index is 0.0839. The lowest BCUT2D eigenvalue weighted by molar-refractivity contribution is 0.0246. The van der Waals surface area contributed by atoms with Crippen LogP contribution in [0.2, 0.25) is 0 Å². The molecule has 2 aliphatic heterocycles. The number of likely N-dealkylation sites (tertiary alicyclic amines) is 2. The second kappa shape index (κ2) is 10.7. The highest BCUT2D eigenvalue weighted by molar-refractivity contribution is 5.65. The molecule has 2 aromatic rings. The van der Waals surface area contributed by atoms with Crippen LogP contribution in [-0.4, -0.2) is 59.8 Å². The van der Waals surface area contributed by atoms with Gasteiger partial charge in [-0.05, 0) is 93.4 Å². The number of nitrogens with zero attached hydrogens (tertiary/aromatic N) is 2. The van der Waals surface area contributed by atoms with Crippen molar-refractivity contribution in [1.82, 2.24) is 15.1 Å². The summed E-state index contributed by atoms with van der Waals surface area (Å²) in [5, 5.41) is 12.5. The number of carbonyl (C=O) groups is 1. The van der Waals surface area contributed by atoms with Crippen LogP contribution in [0, 0.1) is 17.7 Å². The molecular formula is C29H38FN3O2. The summed E-state index contributed by atoms with van der Waals surface area (Å²) in [5.41, 5.74) is 2.14. The third kappa shape index (κ3) is 5.24. The number of hydrogen-bond donors (Lipinski definition) is 2. The summed E-state index contributed by atoms with van der Waals surface area (Å²) < 4.78 is 14.7. The summed E-state index contributed by atoms with van der Waals surface area (Å²) in [7, 11) is 0. The Balaban J connectivity index is 1.47. The van der Waals surface area contributed by atoms with E-state index in [4.69, 9.17) is 0 Å². The molecule has 2 saturated heterocycles. The predicted molar refractivity (Wildman–Crippen MR) is 136 cm³/mol. The topological polar surface area (TPSA) is 55.8 Å². The van der Waals surface area contributed by atoms with E-state index in [0.717, 1.165) is 76.9 Å². The van der Waals surface area contributed by atoms with Crippen LogP contribution in [0.1, 0.15) is 49.7 Å². The molecule has 3 atom stereocenters. The van der Waals surface area contributed by atoms with Gasteiger partial charge in [-0.15, -0.1) is 0 Å². The summed E-state index contributed by atoms with van der Waals surface area (Å²) in [6.07, 6.45) is 5.22. The van der Waals surface area contributed by atoms with Gasteiger partial charge in [-0.25, -0.2) is 9.18 Å². The van der Waals surface area contributed by atoms with Gasteiger partial charge in [0.2, 0.25) is 0 Å². The van der Waals surface area contributed by atoms with Crippen molar-refractivity contribution in [2.75, 3.05) is 32.7 Å². The van der Waals surface area contributed by atoms with Gasteiger partial charge in [0.25, 0.3) is 0 Å². The Morgan fingerprint density at radius 1 is 0.943 bits per heavy atom. The van der Waals surface area contributed by atoms with E-state index in [2.05, 4.69) is 51.5 Å². The Morgan fingerprint density at radius 3 is 2.37 bits per heavy atom. The number of piperidine rings is 1. The summed E-state index contributed by atoms with van der Waals surface area (Å²) in [6, 6.07) is 17.8. The zero-order valence-electron chi connectivity index (χ0n) is 20.5. The molecule has 5 nitrogen and oxygen atoms in total. The molecule has 2 aromatic carbocycles. The Hall–Kier alpha value is -2.44. The fourth-order valence-corrected chi connectivity index (χ4v) is 7.13. The van der Waals surface area contributed by atoms with Gasteiger partial charge in [0, 0.05) is 24.5 Å². The summed E-state index contributed by atoms with van der Waals surface area (Å²) in [6.45, 7) is 6.03. The number of carboxylic acid groups (broad SMARTS) is 1. The molecule has 188 valence electrons. The van der Waals surface area contributed by atoms with Gasteiger partial charge in [0.1, 0.15) is 5.82 Å². The van der Waals surface area contributed by atoms with Crippen LogP contribution in [0.15, 0.2) is 54.6 Å². The molecule has 5 rings (SSSR count). The zero-order chi connectivity index (χ0) is 24.3.